The highest BCUT2D eigenvalue weighted by Crippen LogP contribution is 2.38. The van der Waals surface area contributed by atoms with Crippen LogP contribution in [0.4, 0.5) is 0 Å². The summed E-state index contributed by atoms with van der Waals surface area (Å²) in [4.78, 5) is 28.9. The molecule has 1 aliphatic rings. The van der Waals surface area contributed by atoms with Crippen molar-refractivity contribution >= 4 is 31.2 Å². The Morgan fingerprint density at radius 1 is 1.44 bits per heavy atom. The Balaban J connectivity index is 1.91. The van der Waals surface area contributed by atoms with Crippen molar-refractivity contribution < 1.29 is 33.8 Å². The smallest absolute Gasteiger partial charge is 0.387 e. The molecule has 1 saturated heterocycles. The maximum absolute atomic E-state index is 10.8. The second-order valence-electron chi connectivity index (χ2n) is 5.52. The van der Waals surface area contributed by atoms with Crippen molar-refractivity contribution in [2.24, 2.45) is 0 Å². The fraction of sp³-hybridized carbons (Fsp3) is 0.583. The van der Waals surface area contributed by atoms with Crippen LogP contribution < -0.4 is 0 Å². The van der Waals surface area contributed by atoms with Gasteiger partial charge in [-0.3, -0.25) is 9.09 Å². The second-order valence-corrected chi connectivity index (χ2v) is 7.15. The van der Waals surface area contributed by atoms with E-state index in [4.69, 9.17) is 26.7 Å². The van der Waals surface area contributed by atoms with Crippen molar-refractivity contribution in [3.63, 3.8) is 0 Å². The van der Waals surface area contributed by atoms with Crippen molar-refractivity contribution in [2.45, 2.75) is 37.9 Å². The molecule has 4 atom stereocenters. The van der Waals surface area contributed by atoms with E-state index >= 15 is 0 Å². The molecule has 0 aliphatic carbocycles. The zero-order valence-electron chi connectivity index (χ0n) is 13.0. The summed E-state index contributed by atoms with van der Waals surface area (Å²) in [5.74, 6) is 0.619. The minimum atomic E-state index is -4.72. The van der Waals surface area contributed by atoms with Gasteiger partial charge in [0.2, 0.25) is 0 Å². The molecule has 0 aromatic carbocycles. The molecule has 138 valence electrons. The maximum Gasteiger partial charge on any atom is 0.469 e. The number of aliphatic hydroxyl groups excluding tert-OH is 2. The lowest BCUT2D eigenvalue weighted by atomic mass is 10.1. The molecule has 0 spiro atoms. The van der Waals surface area contributed by atoms with Gasteiger partial charge < -0.3 is 29.7 Å². The van der Waals surface area contributed by atoms with Gasteiger partial charge in [0.05, 0.1) is 12.9 Å². The molecule has 11 nitrogen and oxygen atoms in total. The summed E-state index contributed by atoms with van der Waals surface area (Å²) in [7, 11) is -4.72. The van der Waals surface area contributed by atoms with Gasteiger partial charge in [0.15, 0.2) is 10.9 Å². The summed E-state index contributed by atoms with van der Waals surface area (Å²) in [6.07, 6.45) is -2.94. The Kier molecular flexibility index (Phi) is 5.06. The molecule has 13 heteroatoms. The third kappa shape index (κ3) is 3.66. The van der Waals surface area contributed by atoms with E-state index in [0.717, 1.165) is 0 Å². The highest BCUT2D eigenvalue weighted by Gasteiger charge is 2.45. The van der Waals surface area contributed by atoms with Crippen LogP contribution in [-0.4, -0.2) is 64.4 Å². The van der Waals surface area contributed by atoms with Crippen molar-refractivity contribution in [2.75, 3.05) is 6.61 Å². The van der Waals surface area contributed by atoms with Crippen LogP contribution in [0.1, 0.15) is 19.0 Å². The number of fused-ring (bicyclic) bond motifs is 1. The number of imidazole rings is 1. The standard InChI is InChI=1S/C12H17N4O7PS/c1-2-6-14-10-7(11(25)15-6)13-4-16(10)12-9(18)8(17)5(23-12)3-22-24(19,20)21/h4-5,8-9,12,17-18H,2-3H2,1H3,(H,14,15,25)(H2,19,20,21)/t5-,8-,9-,12-/m1/s1. The fourth-order valence-corrected chi connectivity index (χ4v) is 3.21. The molecule has 3 rings (SSSR count). The third-order valence-corrected chi connectivity index (χ3v) is 4.62. The summed E-state index contributed by atoms with van der Waals surface area (Å²) >= 11 is 5.19. The lowest BCUT2D eigenvalue weighted by molar-refractivity contribution is -0.0504. The van der Waals surface area contributed by atoms with E-state index in [1.54, 1.807) is 0 Å². The van der Waals surface area contributed by atoms with E-state index in [2.05, 4.69) is 19.5 Å². The van der Waals surface area contributed by atoms with Gasteiger partial charge >= 0.3 is 7.82 Å². The van der Waals surface area contributed by atoms with Crippen molar-refractivity contribution in [3.05, 3.63) is 16.8 Å². The first-order valence-electron chi connectivity index (χ1n) is 7.38. The molecule has 0 unspecified atom stereocenters. The topological polar surface area (TPSA) is 163 Å². The van der Waals surface area contributed by atoms with Gasteiger partial charge in [-0.15, -0.1) is 0 Å². The van der Waals surface area contributed by atoms with Crippen LogP contribution in [0.2, 0.25) is 0 Å². The predicted molar refractivity (Wildman–Crippen MR) is 86.0 cm³/mol. The Labute approximate surface area is 146 Å². The first-order valence-corrected chi connectivity index (χ1v) is 9.32. The molecule has 0 amide bonds. The summed E-state index contributed by atoms with van der Waals surface area (Å²) < 4.78 is 22.4. The first-order chi connectivity index (χ1) is 11.7. The van der Waals surface area contributed by atoms with Crippen LogP contribution in [0.5, 0.6) is 0 Å². The zero-order valence-corrected chi connectivity index (χ0v) is 14.7. The number of phosphoric ester groups is 1. The maximum atomic E-state index is 10.8. The van der Waals surface area contributed by atoms with Gasteiger partial charge in [-0.1, -0.05) is 19.1 Å². The van der Waals surface area contributed by atoms with E-state index in [1.807, 2.05) is 6.92 Å². The van der Waals surface area contributed by atoms with Crippen molar-refractivity contribution in [3.8, 4) is 0 Å². The molecule has 0 radical (unpaired) electrons. The number of aliphatic hydroxyl groups is 2. The monoisotopic (exact) mass is 392 g/mol. The average molecular weight is 392 g/mol. The van der Waals surface area contributed by atoms with Gasteiger partial charge in [-0.25, -0.2) is 14.5 Å². The molecule has 5 N–H and O–H groups in total. The second kappa shape index (κ2) is 6.82. The zero-order chi connectivity index (χ0) is 18.4. The van der Waals surface area contributed by atoms with Crippen LogP contribution in [-0.2, 0) is 20.2 Å². The molecule has 0 bridgehead atoms. The molecule has 2 aromatic rings. The number of rotatable bonds is 5. The van der Waals surface area contributed by atoms with Gasteiger partial charge in [-0.2, -0.15) is 0 Å². The predicted octanol–water partition coefficient (Wildman–Crippen LogP) is -0.220. The number of phosphoric acid groups is 1. The Bertz CT molecular complexity index is 880. The third-order valence-electron chi connectivity index (χ3n) is 3.85. The minimum absolute atomic E-state index is 0.291. The normalized spacial score (nSPS) is 27.2. The van der Waals surface area contributed by atoms with Gasteiger partial charge in [0, 0.05) is 6.42 Å². The van der Waals surface area contributed by atoms with Crippen LogP contribution in [0, 0.1) is 4.64 Å². The summed E-state index contributed by atoms with van der Waals surface area (Å²) in [6.45, 7) is 1.31. The highest BCUT2D eigenvalue weighted by atomic mass is 32.1. The minimum Gasteiger partial charge on any atom is -0.387 e. The summed E-state index contributed by atoms with van der Waals surface area (Å²) in [6, 6.07) is 0. The van der Waals surface area contributed by atoms with Gasteiger partial charge in [0.1, 0.15) is 35.3 Å². The highest BCUT2D eigenvalue weighted by molar-refractivity contribution is 7.71. The summed E-state index contributed by atoms with van der Waals surface area (Å²) in [5, 5.41) is 20.3. The number of ether oxygens (including phenoxy) is 1. The van der Waals surface area contributed by atoms with E-state index in [0.29, 0.717) is 28.0 Å². The fourth-order valence-electron chi connectivity index (χ4n) is 2.61. The quantitative estimate of drug-likeness (QED) is 0.339. The van der Waals surface area contributed by atoms with Gasteiger partial charge in [-0.05, 0) is 0 Å². The lowest BCUT2D eigenvalue weighted by Crippen LogP contribution is -2.33. The van der Waals surface area contributed by atoms with E-state index in [-0.39, 0.29) is 0 Å². The molecule has 1 aliphatic heterocycles. The van der Waals surface area contributed by atoms with Crippen LogP contribution in [0.25, 0.3) is 11.2 Å². The number of aryl methyl sites for hydroxylation is 1. The number of nitrogens with zero attached hydrogens (tertiary/aromatic N) is 3. The van der Waals surface area contributed by atoms with Crippen molar-refractivity contribution in [1.82, 2.24) is 19.5 Å². The van der Waals surface area contributed by atoms with E-state index in [9.17, 15) is 14.8 Å². The number of nitrogens with one attached hydrogen (secondary N) is 1. The number of hydrogen-bond acceptors (Lipinski definition) is 8. The SMILES string of the molecule is CCc1nc(=S)c2ncn([C@@H]3O[C@H](COP(=O)(O)O)[C@@H](O)[C@H]3O)c2[nH]1. The van der Waals surface area contributed by atoms with Crippen LogP contribution in [0.3, 0.4) is 0 Å². The van der Waals surface area contributed by atoms with Crippen LogP contribution >= 0.6 is 20.0 Å². The molecular weight excluding hydrogens is 375 g/mol. The Hall–Kier alpha value is -1.24. The molecule has 2 aromatic heterocycles. The largest absolute Gasteiger partial charge is 0.469 e. The number of aromatic nitrogens is 4. The molecule has 25 heavy (non-hydrogen) atoms. The van der Waals surface area contributed by atoms with E-state index < -0.39 is 39.0 Å². The van der Waals surface area contributed by atoms with Gasteiger partial charge in [0.25, 0.3) is 0 Å². The summed E-state index contributed by atoms with van der Waals surface area (Å²) in [5.41, 5.74) is 0.872. The average Bonchev–Trinajstić information content (AvgIpc) is 3.08. The number of H-pyrrole nitrogens is 1. The lowest BCUT2D eigenvalue weighted by Gasteiger charge is -2.17. The molecule has 3 heterocycles. The Morgan fingerprint density at radius 2 is 2.16 bits per heavy atom. The molecular formula is C12H17N4O7PS. The first kappa shape index (κ1) is 18.5. The van der Waals surface area contributed by atoms with E-state index in [1.165, 1.54) is 10.9 Å². The van der Waals surface area contributed by atoms with Crippen LogP contribution in [0.15, 0.2) is 6.33 Å². The number of hydrogen-bond donors (Lipinski definition) is 5. The van der Waals surface area contributed by atoms with Crippen molar-refractivity contribution in [1.29, 1.82) is 0 Å². The number of aromatic amines is 1. The Morgan fingerprint density at radius 3 is 2.80 bits per heavy atom. The molecule has 0 saturated carbocycles. The molecule has 1 fully saturated rings.